The summed E-state index contributed by atoms with van der Waals surface area (Å²) in [5.74, 6) is -0.881. The second-order valence-electron chi connectivity index (χ2n) is 7.26. The van der Waals surface area contributed by atoms with Gasteiger partial charge in [-0.15, -0.1) is 0 Å². The van der Waals surface area contributed by atoms with E-state index in [0.29, 0.717) is 29.8 Å². The molecule has 4 rings (SSSR count). The van der Waals surface area contributed by atoms with Gasteiger partial charge in [0, 0.05) is 17.7 Å². The van der Waals surface area contributed by atoms with Gasteiger partial charge in [-0.25, -0.2) is 0 Å². The van der Waals surface area contributed by atoms with Gasteiger partial charge in [0.05, 0.1) is 18.7 Å². The molecule has 1 aliphatic rings. The zero-order chi connectivity index (χ0) is 21.3. The van der Waals surface area contributed by atoms with Crippen molar-refractivity contribution in [1.82, 2.24) is 4.90 Å². The third-order valence-corrected chi connectivity index (χ3v) is 5.48. The number of nitrogens with zero attached hydrogens (tertiary/aromatic N) is 1. The molecule has 1 saturated heterocycles. The molecule has 0 radical (unpaired) electrons. The molecule has 1 aliphatic heterocycles. The number of benzene rings is 3. The van der Waals surface area contributed by atoms with Gasteiger partial charge < -0.3 is 14.7 Å². The smallest absolute Gasteiger partial charge is 0.295 e. The first kappa shape index (κ1) is 19.7. The van der Waals surface area contributed by atoms with Crippen LogP contribution < -0.4 is 4.74 Å². The van der Waals surface area contributed by atoms with Crippen LogP contribution in [0, 0.1) is 0 Å². The number of aliphatic hydroxyl groups excluding tert-OH is 1. The third kappa shape index (κ3) is 3.12. The SMILES string of the molecule is CCCN1C(=O)C(=O)/C(=C(/O)c2cccc3ccccc23)C1c1ccccc1OC. The zero-order valence-corrected chi connectivity index (χ0v) is 17.0. The molecule has 3 aromatic carbocycles. The molecule has 1 fully saturated rings. The minimum Gasteiger partial charge on any atom is -0.507 e. The number of ketones is 1. The highest BCUT2D eigenvalue weighted by molar-refractivity contribution is 6.46. The summed E-state index contributed by atoms with van der Waals surface area (Å²) >= 11 is 0. The van der Waals surface area contributed by atoms with Crippen molar-refractivity contribution < 1.29 is 19.4 Å². The summed E-state index contributed by atoms with van der Waals surface area (Å²) in [6.07, 6.45) is 0.687. The Bertz CT molecular complexity index is 1160. The van der Waals surface area contributed by atoms with Crippen molar-refractivity contribution >= 4 is 28.2 Å². The van der Waals surface area contributed by atoms with Crippen LogP contribution in [0.25, 0.3) is 16.5 Å². The van der Waals surface area contributed by atoms with Crippen LogP contribution in [0.3, 0.4) is 0 Å². The van der Waals surface area contributed by atoms with Gasteiger partial charge in [-0.05, 0) is 23.3 Å². The van der Waals surface area contributed by atoms with Gasteiger partial charge in [-0.2, -0.15) is 0 Å². The summed E-state index contributed by atoms with van der Waals surface area (Å²) in [6.45, 7) is 2.35. The Morgan fingerprint density at radius 3 is 2.47 bits per heavy atom. The standard InChI is InChI=1S/C25H23NO4/c1-3-15-26-22(19-12-6-7-14-20(19)30-2)21(24(28)25(26)29)23(27)18-13-8-10-16-9-4-5-11-17(16)18/h4-14,22,27H,3,15H2,1-2H3/b23-21+. The number of ether oxygens (including phenoxy) is 1. The Labute approximate surface area is 175 Å². The number of likely N-dealkylation sites (tertiary alicyclic amines) is 1. The highest BCUT2D eigenvalue weighted by Gasteiger charge is 2.46. The first-order valence-corrected chi connectivity index (χ1v) is 9.98. The summed E-state index contributed by atoms with van der Waals surface area (Å²) in [5.41, 5.74) is 1.30. The van der Waals surface area contributed by atoms with Gasteiger partial charge in [0.15, 0.2) is 0 Å². The monoisotopic (exact) mass is 401 g/mol. The molecule has 0 bridgehead atoms. The van der Waals surface area contributed by atoms with Gasteiger partial charge in [-0.1, -0.05) is 67.6 Å². The van der Waals surface area contributed by atoms with E-state index in [1.807, 2.05) is 61.5 Å². The van der Waals surface area contributed by atoms with Crippen molar-refractivity contribution in [2.45, 2.75) is 19.4 Å². The van der Waals surface area contributed by atoms with Crippen LogP contribution in [-0.4, -0.2) is 35.4 Å². The lowest BCUT2D eigenvalue weighted by Crippen LogP contribution is -2.30. The Hall–Kier alpha value is -3.60. The third-order valence-electron chi connectivity index (χ3n) is 5.48. The fraction of sp³-hybridized carbons (Fsp3) is 0.200. The molecule has 0 spiro atoms. The topological polar surface area (TPSA) is 66.8 Å². The number of Topliss-reactive ketones (excluding diaryl/α,β-unsaturated/α-hetero) is 1. The predicted molar refractivity (Wildman–Crippen MR) is 116 cm³/mol. The lowest BCUT2D eigenvalue weighted by molar-refractivity contribution is -0.139. The molecule has 0 aliphatic carbocycles. The average Bonchev–Trinajstić information content (AvgIpc) is 3.03. The maximum absolute atomic E-state index is 13.1. The maximum Gasteiger partial charge on any atom is 0.295 e. The first-order valence-electron chi connectivity index (χ1n) is 9.98. The number of hydrogen-bond donors (Lipinski definition) is 1. The van der Waals surface area contributed by atoms with Crippen LogP contribution in [0.5, 0.6) is 5.75 Å². The van der Waals surface area contributed by atoms with Crippen LogP contribution in [0.1, 0.15) is 30.5 Å². The number of rotatable bonds is 5. The minimum absolute atomic E-state index is 0.0919. The van der Waals surface area contributed by atoms with E-state index in [1.165, 1.54) is 4.90 Å². The number of para-hydroxylation sites is 1. The van der Waals surface area contributed by atoms with E-state index >= 15 is 0 Å². The van der Waals surface area contributed by atoms with Crippen LogP contribution in [-0.2, 0) is 9.59 Å². The van der Waals surface area contributed by atoms with Crippen molar-refractivity contribution in [3.05, 3.63) is 83.4 Å². The average molecular weight is 401 g/mol. The second kappa shape index (κ2) is 8.03. The number of methoxy groups -OCH3 is 1. The van der Waals surface area contributed by atoms with E-state index in [1.54, 1.807) is 19.2 Å². The highest BCUT2D eigenvalue weighted by Crippen LogP contribution is 2.43. The van der Waals surface area contributed by atoms with Gasteiger partial charge in [-0.3, -0.25) is 9.59 Å². The maximum atomic E-state index is 13.1. The van der Waals surface area contributed by atoms with E-state index in [9.17, 15) is 14.7 Å². The molecule has 1 heterocycles. The second-order valence-corrected chi connectivity index (χ2v) is 7.26. The Balaban J connectivity index is 1.99. The Morgan fingerprint density at radius 1 is 1.00 bits per heavy atom. The first-order chi connectivity index (χ1) is 14.6. The van der Waals surface area contributed by atoms with Crippen LogP contribution in [0.15, 0.2) is 72.3 Å². The van der Waals surface area contributed by atoms with Gasteiger partial charge in [0.2, 0.25) is 0 Å². The molecule has 30 heavy (non-hydrogen) atoms. The summed E-state index contributed by atoms with van der Waals surface area (Å²) in [5, 5.41) is 13.1. The number of aliphatic hydroxyl groups is 1. The Kier molecular flexibility index (Phi) is 5.27. The van der Waals surface area contributed by atoms with E-state index in [0.717, 1.165) is 10.8 Å². The van der Waals surface area contributed by atoms with E-state index < -0.39 is 17.7 Å². The molecule has 1 atom stereocenters. The molecule has 1 N–H and O–H groups in total. The van der Waals surface area contributed by atoms with Crippen molar-refractivity contribution in [1.29, 1.82) is 0 Å². The quantitative estimate of drug-likeness (QED) is 0.383. The normalized spacial score (nSPS) is 18.2. The molecule has 0 aromatic heterocycles. The molecular weight excluding hydrogens is 378 g/mol. The molecule has 5 heteroatoms. The minimum atomic E-state index is -0.708. The molecule has 152 valence electrons. The van der Waals surface area contributed by atoms with Crippen LogP contribution in [0.4, 0.5) is 0 Å². The van der Waals surface area contributed by atoms with Gasteiger partial charge in [0.1, 0.15) is 11.5 Å². The Morgan fingerprint density at radius 2 is 1.70 bits per heavy atom. The molecule has 3 aromatic rings. The number of fused-ring (bicyclic) bond motifs is 1. The molecule has 0 saturated carbocycles. The largest absolute Gasteiger partial charge is 0.507 e. The van der Waals surface area contributed by atoms with E-state index in [-0.39, 0.29) is 11.3 Å². The predicted octanol–water partition coefficient (Wildman–Crippen LogP) is 4.68. The molecule has 5 nitrogen and oxygen atoms in total. The number of carbonyl (C=O) groups excluding carboxylic acids is 2. The van der Waals surface area contributed by atoms with Crippen LogP contribution >= 0.6 is 0 Å². The molecule has 1 unspecified atom stereocenters. The van der Waals surface area contributed by atoms with Crippen molar-refractivity contribution in [2.24, 2.45) is 0 Å². The zero-order valence-electron chi connectivity index (χ0n) is 17.0. The number of amides is 1. The van der Waals surface area contributed by atoms with Crippen molar-refractivity contribution in [3.63, 3.8) is 0 Å². The lowest BCUT2D eigenvalue weighted by Gasteiger charge is -2.26. The van der Waals surface area contributed by atoms with Gasteiger partial charge in [0.25, 0.3) is 11.7 Å². The highest BCUT2D eigenvalue weighted by atomic mass is 16.5. The van der Waals surface area contributed by atoms with E-state index in [2.05, 4.69) is 0 Å². The summed E-state index contributed by atoms with van der Waals surface area (Å²) in [6, 6.07) is 19.8. The van der Waals surface area contributed by atoms with Crippen LogP contribution in [0.2, 0.25) is 0 Å². The lowest BCUT2D eigenvalue weighted by atomic mass is 9.93. The molecular formula is C25H23NO4. The molecule has 1 amide bonds. The van der Waals surface area contributed by atoms with Crippen molar-refractivity contribution in [2.75, 3.05) is 13.7 Å². The van der Waals surface area contributed by atoms with Crippen molar-refractivity contribution in [3.8, 4) is 5.75 Å². The number of carbonyl (C=O) groups is 2. The fourth-order valence-electron chi connectivity index (χ4n) is 4.14. The van der Waals surface area contributed by atoms with E-state index in [4.69, 9.17) is 4.74 Å². The number of hydrogen-bond acceptors (Lipinski definition) is 4. The summed E-state index contributed by atoms with van der Waals surface area (Å²) in [7, 11) is 1.55. The summed E-state index contributed by atoms with van der Waals surface area (Å²) in [4.78, 5) is 27.5. The van der Waals surface area contributed by atoms with Gasteiger partial charge >= 0.3 is 0 Å². The summed E-state index contributed by atoms with van der Waals surface area (Å²) < 4.78 is 5.51. The fourth-order valence-corrected chi connectivity index (χ4v) is 4.14.